The van der Waals surface area contributed by atoms with Crippen LogP contribution in [0, 0.1) is 10.6 Å². The van der Waals surface area contributed by atoms with Crippen LogP contribution in [-0.2, 0) is 14.1 Å². The molecule has 7 nitrogen and oxygen atoms in total. The number of aromatic nitrogens is 3. The van der Waals surface area contributed by atoms with Gasteiger partial charge in [-0.3, -0.25) is 13.9 Å². The van der Waals surface area contributed by atoms with Crippen LogP contribution in [0.1, 0.15) is 10.4 Å². The Kier molecular flexibility index (Phi) is 5.71. The van der Waals surface area contributed by atoms with Gasteiger partial charge in [-0.1, -0.05) is 11.6 Å². The van der Waals surface area contributed by atoms with E-state index < -0.39 is 41.8 Å². The van der Waals surface area contributed by atoms with Gasteiger partial charge in [0.25, 0.3) is 12.3 Å². The standard InChI is InChI=1S/C14H12ClF3N4O3S/c1-20-12(24)22(13(25)21(2)14(20)26)9-3-6(7(15)4-8(9)16)11(23)19-5-10(17)18/h3-4,10H,5H2,1-2H3,(H,19,23). The number of benzene rings is 1. The molecule has 0 aliphatic heterocycles. The van der Waals surface area contributed by atoms with E-state index in [4.69, 9.17) is 23.8 Å². The summed E-state index contributed by atoms with van der Waals surface area (Å²) in [7, 11) is 2.56. The first-order valence-corrected chi connectivity index (χ1v) is 7.79. The molecule has 0 saturated carbocycles. The average Bonchev–Trinajstić information content (AvgIpc) is 2.58. The number of nitrogens with zero attached hydrogens (tertiary/aromatic N) is 3. The number of amides is 1. The van der Waals surface area contributed by atoms with E-state index >= 15 is 0 Å². The minimum absolute atomic E-state index is 0.0967. The van der Waals surface area contributed by atoms with Crippen molar-refractivity contribution >= 4 is 29.7 Å². The molecule has 0 atom stereocenters. The Balaban J connectivity index is 2.72. The molecule has 1 aromatic carbocycles. The van der Waals surface area contributed by atoms with Gasteiger partial charge >= 0.3 is 11.4 Å². The molecule has 26 heavy (non-hydrogen) atoms. The Morgan fingerprint density at radius 2 is 1.77 bits per heavy atom. The molecule has 1 N–H and O–H groups in total. The second kappa shape index (κ2) is 7.46. The lowest BCUT2D eigenvalue weighted by Crippen LogP contribution is -2.44. The van der Waals surface area contributed by atoms with Crippen LogP contribution in [0.4, 0.5) is 13.2 Å². The van der Waals surface area contributed by atoms with E-state index in [1.165, 1.54) is 14.1 Å². The van der Waals surface area contributed by atoms with Crippen LogP contribution in [0.5, 0.6) is 0 Å². The zero-order valence-electron chi connectivity index (χ0n) is 13.4. The number of rotatable bonds is 4. The summed E-state index contributed by atoms with van der Waals surface area (Å²) in [5, 5.41) is 1.54. The predicted molar refractivity (Wildman–Crippen MR) is 90.4 cm³/mol. The summed E-state index contributed by atoms with van der Waals surface area (Å²) in [5.41, 5.74) is -2.83. The quantitative estimate of drug-likeness (QED) is 0.776. The zero-order chi connectivity index (χ0) is 19.8. The maximum Gasteiger partial charge on any atom is 0.338 e. The monoisotopic (exact) mass is 408 g/mol. The van der Waals surface area contributed by atoms with Crippen LogP contribution in [0.3, 0.4) is 0 Å². The second-order valence-electron chi connectivity index (χ2n) is 5.19. The van der Waals surface area contributed by atoms with E-state index in [-0.39, 0.29) is 15.4 Å². The number of nitrogens with one attached hydrogen (secondary N) is 1. The minimum atomic E-state index is -2.80. The number of carbonyl (C=O) groups excluding carboxylic acids is 1. The van der Waals surface area contributed by atoms with Gasteiger partial charge in [0.2, 0.25) is 0 Å². The largest absolute Gasteiger partial charge is 0.346 e. The van der Waals surface area contributed by atoms with E-state index in [1.807, 2.05) is 5.32 Å². The third-order valence-corrected chi connectivity index (χ3v) is 4.33. The fourth-order valence-electron chi connectivity index (χ4n) is 2.12. The minimum Gasteiger partial charge on any atom is -0.346 e. The number of hydrogen-bond acceptors (Lipinski definition) is 4. The van der Waals surface area contributed by atoms with Crippen molar-refractivity contribution in [2.24, 2.45) is 14.1 Å². The molecule has 1 heterocycles. The maximum absolute atomic E-state index is 14.3. The summed E-state index contributed by atoms with van der Waals surface area (Å²) in [5.74, 6) is -2.07. The first kappa shape index (κ1) is 19.9. The molecule has 0 spiro atoms. The maximum atomic E-state index is 14.3. The van der Waals surface area contributed by atoms with Gasteiger partial charge in [-0.25, -0.2) is 27.3 Å². The second-order valence-corrected chi connectivity index (χ2v) is 5.96. The summed E-state index contributed by atoms with van der Waals surface area (Å²) < 4.78 is 41.1. The average molecular weight is 409 g/mol. The van der Waals surface area contributed by atoms with Crippen molar-refractivity contribution in [2.75, 3.05) is 6.54 Å². The summed E-state index contributed by atoms with van der Waals surface area (Å²) >= 11 is 10.7. The molecule has 0 aliphatic carbocycles. The Hall–Kier alpha value is -2.40. The zero-order valence-corrected chi connectivity index (χ0v) is 15.0. The van der Waals surface area contributed by atoms with Gasteiger partial charge in [-0.2, -0.15) is 0 Å². The molecule has 1 aromatic heterocycles. The van der Waals surface area contributed by atoms with Crippen molar-refractivity contribution in [3.05, 3.63) is 54.3 Å². The van der Waals surface area contributed by atoms with E-state index in [2.05, 4.69) is 0 Å². The molecule has 0 bridgehead atoms. The molecule has 0 fully saturated rings. The smallest absolute Gasteiger partial charge is 0.338 e. The first-order valence-electron chi connectivity index (χ1n) is 7.01. The number of halogens is 4. The highest BCUT2D eigenvalue weighted by molar-refractivity contribution is 7.71. The van der Waals surface area contributed by atoms with Crippen LogP contribution < -0.4 is 16.7 Å². The third-order valence-electron chi connectivity index (χ3n) is 3.47. The lowest BCUT2D eigenvalue weighted by Gasteiger charge is -2.13. The van der Waals surface area contributed by atoms with Crippen molar-refractivity contribution in [1.82, 2.24) is 19.0 Å². The van der Waals surface area contributed by atoms with Crippen LogP contribution in [-0.4, -0.2) is 32.6 Å². The first-order chi connectivity index (χ1) is 12.1. The molecule has 1 amide bonds. The summed E-state index contributed by atoms with van der Waals surface area (Å²) in [6.07, 6.45) is -2.80. The van der Waals surface area contributed by atoms with Gasteiger partial charge in [0.1, 0.15) is 5.82 Å². The van der Waals surface area contributed by atoms with E-state index in [0.717, 1.165) is 15.2 Å². The molecule has 0 saturated heterocycles. The van der Waals surface area contributed by atoms with E-state index in [9.17, 15) is 27.6 Å². The SMILES string of the molecule is Cn1c(=S)n(C)c(=O)n(-c2cc(C(=O)NCC(F)F)c(Cl)cc2F)c1=O. The topological polar surface area (TPSA) is 78.0 Å². The van der Waals surface area contributed by atoms with Crippen molar-refractivity contribution in [1.29, 1.82) is 0 Å². The van der Waals surface area contributed by atoms with E-state index in [0.29, 0.717) is 10.6 Å². The Labute approximate surface area is 154 Å². The highest BCUT2D eigenvalue weighted by Crippen LogP contribution is 2.22. The molecule has 2 aromatic rings. The van der Waals surface area contributed by atoms with Crippen LogP contribution >= 0.6 is 23.8 Å². The predicted octanol–water partition coefficient (Wildman–Crippen LogP) is 1.39. The third kappa shape index (κ3) is 3.58. The van der Waals surface area contributed by atoms with Crippen LogP contribution in [0.15, 0.2) is 21.7 Å². The van der Waals surface area contributed by atoms with Crippen molar-refractivity contribution < 1.29 is 18.0 Å². The Bertz CT molecular complexity index is 1020. The normalized spacial score (nSPS) is 11.0. The number of carbonyl (C=O) groups is 1. The van der Waals surface area contributed by atoms with Crippen LogP contribution in [0.2, 0.25) is 5.02 Å². The van der Waals surface area contributed by atoms with Gasteiger partial charge in [-0.05, 0) is 24.4 Å². The molecule has 0 aliphatic rings. The Morgan fingerprint density at radius 3 is 2.27 bits per heavy atom. The van der Waals surface area contributed by atoms with Crippen LogP contribution in [0.25, 0.3) is 5.69 Å². The fourth-order valence-corrected chi connectivity index (χ4v) is 2.52. The molecule has 140 valence electrons. The lowest BCUT2D eigenvalue weighted by molar-refractivity contribution is 0.0892. The highest BCUT2D eigenvalue weighted by atomic mass is 35.5. The summed E-state index contributed by atoms with van der Waals surface area (Å²) in [4.78, 5) is 36.7. The molecule has 12 heteroatoms. The van der Waals surface area contributed by atoms with Crippen molar-refractivity contribution in [3.8, 4) is 5.69 Å². The molecular weight excluding hydrogens is 397 g/mol. The molecule has 2 rings (SSSR count). The number of hydrogen-bond donors (Lipinski definition) is 1. The summed E-state index contributed by atoms with van der Waals surface area (Å²) in [6, 6.07) is 1.55. The molecule has 0 unspecified atom stereocenters. The van der Waals surface area contributed by atoms with Gasteiger partial charge in [0, 0.05) is 14.1 Å². The van der Waals surface area contributed by atoms with Gasteiger partial charge < -0.3 is 5.32 Å². The van der Waals surface area contributed by atoms with Crippen molar-refractivity contribution in [3.63, 3.8) is 0 Å². The highest BCUT2D eigenvalue weighted by Gasteiger charge is 2.20. The fraction of sp³-hybridized carbons (Fsp3) is 0.286. The number of alkyl halides is 2. The summed E-state index contributed by atoms with van der Waals surface area (Å²) in [6.45, 7) is -0.941. The van der Waals surface area contributed by atoms with Gasteiger partial charge in [0.15, 0.2) is 4.77 Å². The van der Waals surface area contributed by atoms with E-state index in [1.54, 1.807) is 0 Å². The molecule has 0 radical (unpaired) electrons. The van der Waals surface area contributed by atoms with Crippen molar-refractivity contribution in [2.45, 2.75) is 6.43 Å². The lowest BCUT2D eigenvalue weighted by atomic mass is 10.1. The molecular formula is C14H12ClF3N4O3S. The van der Waals surface area contributed by atoms with Gasteiger partial charge in [-0.15, -0.1) is 0 Å². The Morgan fingerprint density at radius 1 is 1.23 bits per heavy atom. The van der Waals surface area contributed by atoms with Gasteiger partial charge in [0.05, 0.1) is 22.8 Å².